The second kappa shape index (κ2) is 5.87. The van der Waals surface area contributed by atoms with Crippen molar-refractivity contribution in [1.82, 2.24) is 0 Å². The third-order valence-corrected chi connectivity index (χ3v) is 1.78. The van der Waals surface area contributed by atoms with Gasteiger partial charge in [0, 0.05) is 0 Å². The van der Waals surface area contributed by atoms with E-state index in [0.717, 1.165) is 18.5 Å². The lowest BCUT2D eigenvalue weighted by Gasteiger charge is -1.97. The van der Waals surface area contributed by atoms with Gasteiger partial charge < -0.3 is 0 Å². The van der Waals surface area contributed by atoms with E-state index in [9.17, 15) is 0 Å². The minimum atomic E-state index is -0.305. The summed E-state index contributed by atoms with van der Waals surface area (Å²) in [5.74, 6) is 0. The van der Waals surface area contributed by atoms with Crippen molar-refractivity contribution in [3.05, 3.63) is 30.3 Å². The summed E-state index contributed by atoms with van der Waals surface area (Å²) in [6.07, 6.45) is 1.72. The van der Waals surface area contributed by atoms with Gasteiger partial charge in [-0.3, -0.25) is 0 Å². The summed E-state index contributed by atoms with van der Waals surface area (Å²) in [5, 5.41) is 16.7. The van der Waals surface area contributed by atoms with Crippen LogP contribution in [-0.4, -0.2) is 6.04 Å². The second-order valence-electron chi connectivity index (χ2n) is 2.98. The van der Waals surface area contributed by atoms with Gasteiger partial charge in [-0.05, 0) is 18.6 Å². The molecule has 1 rings (SSSR count). The van der Waals surface area contributed by atoms with Crippen molar-refractivity contribution >= 4 is 5.69 Å². The summed E-state index contributed by atoms with van der Waals surface area (Å²) in [6.45, 7) is 2.03. The molecule has 1 aromatic rings. The lowest BCUT2D eigenvalue weighted by atomic mass is 10.2. The Kier molecular flexibility index (Phi) is 4.36. The molecule has 72 valence electrons. The number of nitrogens with zero attached hydrogens (tertiary/aromatic N) is 3. The molecule has 1 unspecified atom stereocenters. The average Bonchev–Trinajstić information content (AvgIpc) is 2.25. The van der Waals surface area contributed by atoms with Gasteiger partial charge in [0.25, 0.3) is 0 Å². The van der Waals surface area contributed by atoms with Crippen LogP contribution in [0.25, 0.3) is 0 Å². The van der Waals surface area contributed by atoms with Crippen molar-refractivity contribution in [2.45, 2.75) is 25.8 Å². The summed E-state index contributed by atoms with van der Waals surface area (Å²) in [7, 11) is 0. The molecule has 0 aliphatic carbocycles. The number of hydrogen-bond donors (Lipinski definition) is 0. The highest BCUT2D eigenvalue weighted by Gasteiger charge is 2.01. The van der Waals surface area contributed by atoms with Crippen molar-refractivity contribution in [2.75, 3.05) is 0 Å². The Bertz CT molecular complexity index is 324. The fourth-order valence-corrected chi connectivity index (χ4v) is 1.05. The summed E-state index contributed by atoms with van der Waals surface area (Å²) >= 11 is 0. The monoisotopic (exact) mass is 187 g/mol. The minimum Gasteiger partial charge on any atom is -0.196 e. The smallest absolute Gasteiger partial charge is 0.157 e. The topological polar surface area (TPSA) is 48.5 Å². The zero-order valence-electron chi connectivity index (χ0n) is 8.22. The van der Waals surface area contributed by atoms with Crippen LogP contribution in [0.2, 0.25) is 0 Å². The van der Waals surface area contributed by atoms with Crippen LogP contribution in [0.3, 0.4) is 0 Å². The van der Waals surface area contributed by atoms with Gasteiger partial charge in [-0.1, -0.05) is 31.5 Å². The third-order valence-electron chi connectivity index (χ3n) is 1.78. The molecule has 1 atom stereocenters. The molecule has 0 saturated heterocycles. The minimum absolute atomic E-state index is 0.305. The Morgan fingerprint density at radius 3 is 2.64 bits per heavy atom. The Labute approximate surface area is 84.1 Å². The van der Waals surface area contributed by atoms with Gasteiger partial charge >= 0.3 is 0 Å². The maximum absolute atomic E-state index is 8.73. The van der Waals surface area contributed by atoms with E-state index in [1.807, 2.05) is 37.3 Å². The molecule has 0 amide bonds. The highest BCUT2D eigenvalue weighted by molar-refractivity contribution is 5.34. The van der Waals surface area contributed by atoms with E-state index in [1.165, 1.54) is 0 Å². The van der Waals surface area contributed by atoms with E-state index in [4.69, 9.17) is 5.26 Å². The molecule has 0 N–H and O–H groups in total. The number of azo groups is 1. The van der Waals surface area contributed by atoms with Crippen molar-refractivity contribution in [1.29, 1.82) is 5.26 Å². The van der Waals surface area contributed by atoms with E-state index < -0.39 is 0 Å². The molecule has 1 aromatic carbocycles. The Hall–Kier alpha value is -1.69. The highest BCUT2D eigenvalue weighted by Crippen LogP contribution is 2.12. The zero-order chi connectivity index (χ0) is 10.2. The number of hydrogen-bond acceptors (Lipinski definition) is 3. The van der Waals surface area contributed by atoms with Gasteiger partial charge in [0.05, 0.1) is 11.8 Å². The number of rotatable bonds is 4. The van der Waals surface area contributed by atoms with Gasteiger partial charge in [-0.15, -0.1) is 0 Å². The van der Waals surface area contributed by atoms with E-state index in [-0.39, 0.29) is 6.04 Å². The Morgan fingerprint density at radius 1 is 1.36 bits per heavy atom. The predicted octanol–water partition coefficient (Wildman–Crippen LogP) is 3.46. The predicted molar refractivity (Wildman–Crippen MR) is 55.3 cm³/mol. The van der Waals surface area contributed by atoms with Crippen LogP contribution in [0.5, 0.6) is 0 Å². The first-order valence-corrected chi connectivity index (χ1v) is 4.72. The van der Waals surface area contributed by atoms with Gasteiger partial charge in [0.2, 0.25) is 0 Å². The Morgan fingerprint density at radius 2 is 2.07 bits per heavy atom. The normalized spacial score (nSPS) is 12.6. The molecule has 14 heavy (non-hydrogen) atoms. The lowest BCUT2D eigenvalue weighted by Crippen LogP contribution is -1.97. The molecular formula is C11H13N3. The van der Waals surface area contributed by atoms with Gasteiger partial charge in [0.15, 0.2) is 6.04 Å². The molecule has 0 aliphatic heterocycles. The summed E-state index contributed by atoms with van der Waals surface area (Å²) in [6, 6.07) is 11.3. The maximum atomic E-state index is 8.73. The first kappa shape index (κ1) is 10.4. The molecule has 0 radical (unpaired) electrons. The lowest BCUT2D eigenvalue weighted by molar-refractivity contribution is 0.687. The molecule has 3 nitrogen and oxygen atoms in total. The number of nitriles is 1. The molecule has 0 fully saturated rings. The summed E-state index contributed by atoms with van der Waals surface area (Å²) in [4.78, 5) is 0. The second-order valence-corrected chi connectivity index (χ2v) is 2.98. The molecule has 3 heteroatoms. The summed E-state index contributed by atoms with van der Waals surface area (Å²) < 4.78 is 0. The molecule has 0 saturated carbocycles. The zero-order valence-corrected chi connectivity index (χ0v) is 8.22. The van der Waals surface area contributed by atoms with Crippen molar-refractivity contribution in [3.8, 4) is 6.07 Å². The number of benzene rings is 1. The van der Waals surface area contributed by atoms with Gasteiger partial charge in [-0.25, -0.2) is 0 Å². The van der Waals surface area contributed by atoms with E-state index in [1.54, 1.807) is 0 Å². The largest absolute Gasteiger partial charge is 0.196 e. The molecule has 0 heterocycles. The molecular weight excluding hydrogens is 174 g/mol. The van der Waals surface area contributed by atoms with Crippen LogP contribution in [0, 0.1) is 11.3 Å². The average molecular weight is 187 g/mol. The SMILES string of the molecule is CCCC(C#N)N=Nc1ccccc1. The Balaban J connectivity index is 2.59. The van der Waals surface area contributed by atoms with E-state index >= 15 is 0 Å². The third kappa shape index (κ3) is 3.36. The quantitative estimate of drug-likeness (QED) is 0.666. The van der Waals surface area contributed by atoms with Crippen LogP contribution in [0.15, 0.2) is 40.6 Å². The van der Waals surface area contributed by atoms with Crippen LogP contribution < -0.4 is 0 Å². The van der Waals surface area contributed by atoms with E-state index in [0.29, 0.717) is 0 Å². The van der Waals surface area contributed by atoms with Crippen molar-refractivity contribution in [2.24, 2.45) is 10.2 Å². The van der Waals surface area contributed by atoms with E-state index in [2.05, 4.69) is 16.3 Å². The highest BCUT2D eigenvalue weighted by atomic mass is 15.1. The molecule has 0 aliphatic rings. The van der Waals surface area contributed by atoms with Crippen LogP contribution in [0.4, 0.5) is 5.69 Å². The first-order chi connectivity index (χ1) is 6.86. The summed E-state index contributed by atoms with van der Waals surface area (Å²) in [5.41, 5.74) is 0.795. The van der Waals surface area contributed by atoms with Crippen molar-refractivity contribution < 1.29 is 0 Å². The fourth-order valence-electron chi connectivity index (χ4n) is 1.05. The van der Waals surface area contributed by atoms with Crippen LogP contribution >= 0.6 is 0 Å². The molecule has 0 bridgehead atoms. The van der Waals surface area contributed by atoms with Gasteiger partial charge in [0.1, 0.15) is 0 Å². The maximum Gasteiger partial charge on any atom is 0.157 e. The molecule has 0 spiro atoms. The first-order valence-electron chi connectivity index (χ1n) is 4.72. The van der Waals surface area contributed by atoms with Crippen LogP contribution in [-0.2, 0) is 0 Å². The molecule has 0 aromatic heterocycles. The van der Waals surface area contributed by atoms with Crippen LogP contribution in [0.1, 0.15) is 19.8 Å². The fraction of sp³-hybridized carbons (Fsp3) is 0.364. The standard InChI is InChI=1S/C11H13N3/c1-2-6-11(9-12)14-13-10-7-4-3-5-8-10/h3-5,7-8,11H,2,6H2,1H3. The van der Waals surface area contributed by atoms with Crippen molar-refractivity contribution in [3.63, 3.8) is 0 Å². The van der Waals surface area contributed by atoms with Gasteiger partial charge in [-0.2, -0.15) is 15.5 Å².